The van der Waals surface area contributed by atoms with Gasteiger partial charge in [-0.15, -0.1) is 0 Å². The fourth-order valence-electron chi connectivity index (χ4n) is 0.508. The molecule has 1 N–H and O–H groups in total. The number of rotatable bonds is 4. The van der Waals surface area contributed by atoms with Gasteiger partial charge < -0.3 is 14.6 Å². The van der Waals surface area contributed by atoms with Crippen LogP contribution in [0.15, 0.2) is 0 Å². The maximum absolute atomic E-state index is 11.0. The van der Waals surface area contributed by atoms with Crippen LogP contribution < -0.4 is 0 Å². The van der Waals surface area contributed by atoms with Gasteiger partial charge in [-0.25, -0.2) is 14.4 Å². The fraction of sp³-hybridized carbons (Fsp3) is 0.571. The van der Waals surface area contributed by atoms with E-state index in [9.17, 15) is 14.4 Å². The molecule has 2 unspecified atom stereocenters. The molecule has 2 atom stereocenters. The second-order valence-electron chi connectivity index (χ2n) is 2.42. The van der Waals surface area contributed by atoms with Gasteiger partial charge in [-0.3, -0.25) is 0 Å². The highest BCUT2D eigenvalue weighted by Crippen LogP contribution is 2.03. The Kier molecular flexibility index (Phi) is 5.43. The third-order valence-corrected chi connectivity index (χ3v) is 1.50. The van der Waals surface area contributed by atoms with Gasteiger partial charge in [0.05, 0.1) is 22.6 Å². The van der Waals surface area contributed by atoms with E-state index in [-0.39, 0.29) is 0 Å². The van der Waals surface area contributed by atoms with E-state index in [1.807, 2.05) is 0 Å². The zero-order valence-corrected chi connectivity index (χ0v) is 9.68. The van der Waals surface area contributed by atoms with E-state index in [4.69, 9.17) is 5.11 Å². The summed E-state index contributed by atoms with van der Waals surface area (Å²) in [7, 11) is 0. The van der Waals surface area contributed by atoms with E-state index in [2.05, 4.69) is 9.47 Å². The Labute approximate surface area is 93.7 Å². The molecule has 6 nitrogen and oxygen atoms in total. The number of ether oxygens (including phenoxy) is 2. The molecule has 0 aliphatic heterocycles. The van der Waals surface area contributed by atoms with Crippen molar-refractivity contribution >= 4 is 38.5 Å². The maximum atomic E-state index is 11.0. The molecule has 0 aromatic heterocycles. The molecule has 0 saturated heterocycles. The molecule has 0 aliphatic rings. The highest BCUT2D eigenvalue weighted by atomic mass is 127. The highest BCUT2D eigenvalue weighted by molar-refractivity contribution is 14.1. The lowest BCUT2D eigenvalue weighted by atomic mass is 10.4. The minimum Gasteiger partial charge on any atom is -0.479 e. The Bertz CT molecular complexity index is 251. The van der Waals surface area contributed by atoms with E-state index in [0.29, 0.717) is 0 Å². The van der Waals surface area contributed by atoms with E-state index in [1.165, 1.54) is 36.4 Å². The van der Waals surface area contributed by atoms with Gasteiger partial charge in [0.25, 0.3) is 0 Å². The van der Waals surface area contributed by atoms with Gasteiger partial charge in [0.15, 0.2) is 12.2 Å². The third-order valence-electron chi connectivity index (χ3n) is 1.24. The first kappa shape index (κ1) is 13.1. The summed E-state index contributed by atoms with van der Waals surface area (Å²) in [6.45, 7) is 2.51. The van der Waals surface area contributed by atoms with Gasteiger partial charge in [0, 0.05) is 0 Å². The monoisotopic (exact) mass is 316 g/mol. The van der Waals surface area contributed by atoms with Crippen molar-refractivity contribution in [1.29, 1.82) is 0 Å². The smallest absolute Gasteiger partial charge is 0.367 e. The lowest BCUT2D eigenvalue weighted by molar-refractivity contribution is -0.167. The minimum absolute atomic E-state index is 0.657. The van der Waals surface area contributed by atoms with Crippen LogP contribution in [0.4, 0.5) is 4.79 Å². The highest BCUT2D eigenvalue weighted by Gasteiger charge is 2.23. The number of carbonyl (C=O) groups is 3. The number of carboxylic acid groups (broad SMARTS) is 1. The summed E-state index contributed by atoms with van der Waals surface area (Å²) < 4.78 is 8.27. The number of hydrogen-bond acceptors (Lipinski definition) is 5. The fourth-order valence-corrected chi connectivity index (χ4v) is 0.889. The number of carboxylic acids is 1. The van der Waals surface area contributed by atoms with Crippen LogP contribution in [-0.4, -0.2) is 33.2 Å². The zero-order chi connectivity index (χ0) is 11.3. The molecule has 0 bridgehead atoms. The molecule has 0 spiro atoms. The largest absolute Gasteiger partial charge is 0.479 e. The average molecular weight is 316 g/mol. The van der Waals surface area contributed by atoms with Crippen LogP contribution in [0.3, 0.4) is 0 Å². The van der Waals surface area contributed by atoms with Crippen LogP contribution in [0.2, 0.25) is 0 Å². The Morgan fingerprint density at radius 1 is 1.14 bits per heavy atom. The van der Waals surface area contributed by atoms with Gasteiger partial charge in [0.2, 0.25) is 0 Å². The molecule has 0 radical (unpaired) electrons. The summed E-state index contributed by atoms with van der Waals surface area (Å²) in [5.41, 5.74) is 0. The molecule has 0 aliphatic carbocycles. The molecule has 0 rings (SSSR count). The standard InChI is InChI=1S/C7H9IO6/c1-3(5(9)10)13-6(11)4(2)14-7(8)12/h3-4H,1-2H3,(H,9,10). The predicted octanol–water partition coefficient (Wildman–Crippen LogP) is 0.963. The van der Waals surface area contributed by atoms with E-state index >= 15 is 0 Å². The van der Waals surface area contributed by atoms with E-state index in [0.717, 1.165) is 0 Å². The third kappa shape index (κ3) is 5.00. The average Bonchev–Trinajstić information content (AvgIpc) is 2.02. The molecule has 7 heteroatoms. The molecule has 0 aromatic rings. The molecule has 80 valence electrons. The Hall–Kier alpha value is -0.860. The summed E-state index contributed by atoms with van der Waals surface area (Å²) in [5, 5.41) is 8.41. The van der Waals surface area contributed by atoms with Crippen LogP contribution in [0.25, 0.3) is 0 Å². The van der Waals surface area contributed by atoms with Gasteiger partial charge in [-0.2, -0.15) is 0 Å². The molecule has 0 saturated carbocycles. The minimum atomic E-state index is -1.26. The van der Waals surface area contributed by atoms with Crippen LogP contribution >= 0.6 is 22.6 Å². The second-order valence-corrected chi connectivity index (χ2v) is 3.30. The molecular formula is C7H9IO6. The normalized spacial score (nSPS) is 13.9. The zero-order valence-electron chi connectivity index (χ0n) is 7.52. The van der Waals surface area contributed by atoms with Crippen LogP contribution in [-0.2, 0) is 19.1 Å². The molecule has 0 aromatic carbocycles. The number of halogens is 1. The Balaban J connectivity index is 4.07. The van der Waals surface area contributed by atoms with Crippen molar-refractivity contribution in [2.24, 2.45) is 0 Å². The first-order chi connectivity index (χ1) is 6.34. The van der Waals surface area contributed by atoms with E-state index < -0.39 is 28.1 Å². The number of aliphatic carboxylic acids is 1. The maximum Gasteiger partial charge on any atom is 0.367 e. The van der Waals surface area contributed by atoms with Crippen molar-refractivity contribution in [2.45, 2.75) is 26.1 Å². The molecule has 14 heavy (non-hydrogen) atoms. The van der Waals surface area contributed by atoms with Crippen molar-refractivity contribution in [2.75, 3.05) is 0 Å². The lowest BCUT2D eigenvalue weighted by Gasteiger charge is -2.13. The van der Waals surface area contributed by atoms with Crippen LogP contribution in [0.5, 0.6) is 0 Å². The van der Waals surface area contributed by atoms with Crippen LogP contribution in [0, 0.1) is 0 Å². The summed E-state index contributed by atoms with van der Waals surface area (Å²) >= 11 is 1.35. The number of esters is 1. The summed E-state index contributed by atoms with van der Waals surface area (Å²) in [6.07, 6.45) is -2.35. The van der Waals surface area contributed by atoms with Gasteiger partial charge in [-0.1, -0.05) is 0 Å². The lowest BCUT2D eigenvalue weighted by Crippen LogP contribution is -2.31. The van der Waals surface area contributed by atoms with Crippen LogP contribution in [0.1, 0.15) is 13.8 Å². The van der Waals surface area contributed by atoms with Gasteiger partial charge in [-0.05, 0) is 13.8 Å². The molecule has 0 fully saturated rings. The second kappa shape index (κ2) is 5.78. The molecule has 0 heterocycles. The van der Waals surface area contributed by atoms with Crippen molar-refractivity contribution in [3.63, 3.8) is 0 Å². The first-order valence-electron chi connectivity index (χ1n) is 3.64. The molecule has 0 amide bonds. The van der Waals surface area contributed by atoms with Crippen molar-refractivity contribution < 1.29 is 29.0 Å². The van der Waals surface area contributed by atoms with E-state index in [1.54, 1.807) is 0 Å². The number of hydrogen-bond donors (Lipinski definition) is 1. The van der Waals surface area contributed by atoms with Crippen molar-refractivity contribution in [3.8, 4) is 0 Å². The topological polar surface area (TPSA) is 89.9 Å². The van der Waals surface area contributed by atoms with Gasteiger partial charge in [0.1, 0.15) is 0 Å². The summed E-state index contributed by atoms with van der Waals surface area (Å²) in [4.78, 5) is 31.7. The quantitative estimate of drug-likeness (QED) is 0.472. The first-order valence-corrected chi connectivity index (χ1v) is 4.72. The van der Waals surface area contributed by atoms with Crippen molar-refractivity contribution in [3.05, 3.63) is 0 Å². The van der Waals surface area contributed by atoms with Crippen molar-refractivity contribution in [1.82, 2.24) is 0 Å². The van der Waals surface area contributed by atoms with Gasteiger partial charge >= 0.3 is 15.9 Å². The SMILES string of the molecule is CC(OC(=O)C(C)OC(=O)I)C(=O)O. The molecular weight excluding hydrogens is 307 g/mol. The summed E-state index contributed by atoms with van der Waals surface area (Å²) in [5.74, 6) is -2.14. The Morgan fingerprint density at radius 3 is 2.00 bits per heavy atom. The Morgan fingerprint density at radius 2 is 1.64 bits per heavy atom. The predicted molar refractivity (Wildman–Crippen MR) is 53.2 cm³/mol. The number of carbonyl (C=O) groups excluding carboxylic acids is 2. The summed E-state index contributed by atoms with van der Waals surface area (Å²) in [6, 6.07) is 0.